The van der Waals surface area contributed by atoms with Gasteiger partial charge < -0.3 is 11.1 Å². The Morgan fingerprint density at radius 2 is 1.62 bits per heavy atom. The van der Waals surface area contributed by atoms with Crippen molar-refractivity contribution in [2.24, 2.45) is 5.73 Å². The number of halogens is 3. The predicted octanol–water partition coefficient (Wildman–Crippen LogP) is 3.70. The normalized spacial score (nSPS) is 13.2. The van der Waals surface area contributed by atoms with Gasteiger partial charge in [0.15, 0.2) is 0 Å². The first-order chi connectivity index (χ1) is 10.2. The van der Waals surface area contributed by atoms with Gasteiger partial charge in [-0.1, -0.05) is 28.1 Å². The fourth-order valence-corrected chi connectivity index (χ4v) is 2.79. The van der Waals surface area contributed by atoms with E-state index in [1.54, 1.807) is 6.92 Å². The highest BCUT2D eigenvalue weighted by Gasteiger charge is 2.30. The second kappa shape index (κ2) is 11.3. The van der Waals surface area contributed by atoms with Gasteiger partial charge in [0.2, 0.25) is 5.91 Å². The maximum Gasteiger partial charge on any atom is 0.244 e. The van der Waals surface area contributed by atoms with E-state index in [9.17, 15) is 4.79 Å². The zero-order valence-electron chi connectivity index (χ0n) is 15.0. The van der Waals surface area contributed by atoms with Crippen molar-refractivity contribution < 1.29 is 4.79 Å². The second-order valence-corrected chi connectivity index (χ2v) is 7.31. The summed E-state index contributed by atoms with van der Waals surface area (Å²) in [5.41, 5.74) is 6.00. The first kappa shape index (κ1) is 25.9. The van der Waals surface area contributed by atoms with Crippen LogP contribution in [0.5, 0.6) is 0 Å². The van der Waals surface area contributed by atoms with Crippen LogP contribution < -0.4 is 11.1 Å². The van der Waals surface area contributed by atoms with E-state index < -0.39 is 5.54 Å². The molecular weight excluding hydrogens is 413 g/mol. The summed E-state index contributed by atoms with van der Waals surface area (Å²) >= 11 is 3.39. The molecule has 24 heavy (non-hydrogen) atoms. The van der Waals surface area contributed by atoms with E-state index in [1.807, 2.05) is 24.3 Å². The summed E-state index contributed by atoms with van der Waals surface area (Å²) < 4.78 is 0.969. The molecule has 7 heteroatoms. The van der Waals surface area contributed by atoms with Crippen molar-refractivity contribution in [2.45, 2.75) is 52.2 Å². The third kappa shape index (κ3) is 7.28. The molecule has 0 aliphatic carbocycles. The summed E-state index contributed by atoms with van der Waals surface area (Å²) in [4.78, 5) is 14.7. The molecule has 0 saturated heterocycles. The smallest absolute Gasteiger partial charge is 0.244 e. The third-order valence-corrected chi connectivity index (χ3v) is 4.43. The molecule has 140 valence electrons. The molecule has 1 amide bonds. The van der Waals surface area contributed by atoms with Crippen LogP contribution in [-0.4, -0.2) is 36.0 Å². The summed E-state index contributed by atoms with van der Waals surface area (Å²) in [5, 5.41) is 2.96. The van der Waals surface area contributed by atoms with Gasteiger partial charge in [0, 0.05) is 29.6 Å². The monoisotopic (exact) mass is 441 g/mol. The molecule has 4 nitrogen and oxygen atoms in total. The molecule has 1 atom stereocenters. The van der Waals surface area contributed by atoms with E-state index in [1.165, 1.54) is 0 Å². The van der Waals surface area contributed by atoms with Gasteiger partial charge in [-0.3, -0.25) is 9.69 Å². The van der Waals surface area contributed by atoms with Crippen LogP contribution >= 0.6 is 40.7 Å². The van der Waals surface area contributed by atoms with Gasteiger partial charge in [-0.25, -0.2) is 0 Å². The lowest BCUT2D eigenvalue weighted by Crippen LogP contribution is -2.51. The molecule has 0 aliphatic heterocycles. The lowest BCUT2D eigenvalue weighted by molar-refractivity contribution is -0.126. The van der Waals surface area contributed by atoms with Gasteiger partial charge in [0.1, 0.15) is 5.54 Å². The average Bonchev–Trinajstić information content (AvgIpc) is 2.42. The molecule has 1 unspecified atom stereocenters. The molecule has 0 fully saturated rings. The summed E-state index contributed by atoms with van der Waals surface area (Å²) in [7, 11) is 0. The highest BCUT2D eigenvalue weighted by Crippen LogP contribution is 2.20. The van der Waals surface area contributed by atoms with Crippen LogP contribution in [0.1, 0.15) is 40.2 Å². The molecule has 0 aliphatic rings. The summed E-state index contributed by atoms with van der Waals surface area (Å²) in [6.07, 6.45) is 0. The topological polar surface area (TPSA) is 58.4 Å². The fourth-order valence-electron chi connectivity index (χ4n) is 2.52. The molecule has 0 aromatic heterocycles. The predicted molar refractivity (Wildman–Crippen MR) is 110 cm³/mol. The highest BCUT2D eigenvalue weighted by molar-refractivity contribution is 9.10. The number of carbonyl (C=O) groups is 1. The Kier molecular flexibility index (Phi) is 12.2. The maximum atomic E-state index is 12.4. The molecule has 0 heterocycles. The Balaban J connectivity index is 0. The molecule has 0 saturated carbocycles. The summed E-state index contributed by atoms with van der Waals surface area (Å²) in [5.74, 6) is -0.151. The SMILES string of the molecule is CC(C)N(CCNC(=O)C(C)(N)c1ccc(Br)cc1)C(C)C.Cl.Cl. The Labute approximate surface area is 166 Å². The van der Waals surface area contributed by atoms with Gasteiger partial charge in [0.05, 0.1) is 0 Å². The number of nitrogens with one attached hydrogen (secondary N) is 1. The van der Waals surface area contributed by atoms with E-state index in [0.29, 0.717) is 18.6 Å². The quantitative estimate of drug-likeness (QED) is 0.676. The lowest BCUT2D eigenvalue weighted by Gasteiger charge is -2.31. The highest BCUT2D eigenvalue weighted by atomic mass is 79.9. The number of nitrogens with zero attached hydrogens (tertiary/aromatic N) is 1. The van der Waals surface area contributed by atoms with E-state index in [2.05, 4.69) is 53.8 Å². The zero-order chi connectivity index (χ0) is 16.9. The number of amides is 1. The Morgan fingerprint density at radius 3 is 2.04 bits per heavy atom. The van der Waals surface area contributed by atoms with Crippen LogP contribution in [0.3, 0.4) is 0 Å². The van der Waals surface area contributed by atoms with Gasteiger partial charge in [-0.2, -0.15) is 0 Å². The Bertz CT molecular complexity index is 485. The zero-order valence-corrected chi connectivity index (χ0v) is 18.2. The van der Waals surface area contributed by atoms with Crippen molar-refractivity contribution in [3.63, 3.8) is 0 Å². The number of benzene rings is 1. The van der Waals surface area contributed by atoms with E-state index in [4.69, 9.17) is 5.73 Å². The van der Waals surface area contributed by atoms with Crippen LogP contribution in [0.15, 0.2) is 28.7 Å². The largest absolute Gasteiger partial charge is 0.353 e. The maximum absolute atomic E-state index is 12.4. The minimum atomic E-state index is -1.03. The van der Waals surface area contributed by atoms with Crippen LogP contribution in [0, 0.1) is 0 Å². The standard InChI is InChI=1S/C17H28BrN3O.2ClH/c1-12(2)21(13(3)4)11-10-20-16(22)17(5,19)14-6-8-15(18)9-7-14;;/h6-9,12-13H,10-11,19H2,1-5H3,(H,20,22);2*1H. The molecular formula is C17H30BrCl2N3O. The average molecular weight is 443 g/mol. The Morgan fingerprint density at radius 1 is 1.17 bits per heavy atom. The molecule has 3 N–H and O–H groups in total. The first-order valence-corrected chi connectivity index (χ1v) is 8.54. The number of hydrogen-bond acceptors (Lipinski definition) is 3. The van der Waals surface area contributed by atoms with Crippen LogP contribution in [0.4, 0.5) is 0 Å². The van der Waals surface area contributed by atoms with Crippen molar-refractivity contribution in [2.75, 3.05) is 13.1 Å². The van der Waals surface area contributed by atoms with Gasteiger partial charge in [-0.05, 0) is 52.3 Å². The van der Waals surface area contributed by atoms with E-state index >= 15 is 0 Å². The number of hydrogen-bond donors (Lipinski definition) is 2. The fraction of sp³-hybridized carbons (Fsp3) is 0.588. The molecule has 0 spiro atoms. The first-order valence-electron chi connectivity index (χ1n) is 7.75. The number of rotatable bonds is 7. The van der Waals surface area contributed by atoms with Crippen LogP contribution in [0.25, 0.3) is 0 Å². The third-order valence-electron chi connectivity index (χ3n) is 3.90. The molecule has 1 rings (SSSR count). The number of nitrogens with two attached hydrogens (primary N) is 1. The molecule has 1 aromatic rings. The summed E-state index contributed by atoms with van der Waals surface area (Å²) in [6, 6.07) is 8.44. The van der Waals surface area contributed by atoms with Crippen LogP contribution in [-0.2, 0) is 10.3 Å². The summed E-state index contributed by atoms with van der Waals surface area (Å²) in [6.45, 7) is 11.8. The minimum Gasteiger partial charge on any atom is -0.353 e. The van der Waals surface area contributed by atoms with Crippen LogP contribution in [0.2, 0.25) is 0 Å². The molecule has 1 aromatic carbocycles. The van der Waals surface area contributed by atoms with Crippen molar-refractivity contribution in [3.8, 4) is 0 Å². The number of carbonyl (C=O) groups excluding carboxylic acids is 1. The Hall–Kier alpha value is -0.330. The van der Waals surface area contributed by atoms with Crippen molar-refractivity contribution >= 4 is 46.7 Å². The molecule has 0 radical (unpaired) electrons. The van der Waals surface area contributed by atoms with Gasteiger partial charge in [-0.15, -0.1) is 24.8 Å². The minimum absolute atomic E-state index is 0. The lowest BCUT2D eigenvalue weighted by atomic mass is 9.92. The molecule has 0 bridgehead atoms. The van der Waals surface area contributed by atoms with Gasteiger partial charge >= 0.3 is 0 Å². The van der Waals surface area contributed by atoms with Gasteiger partial charge in [0.25, 0.3) is 0 Å². The van der Waals surface area contributed by atoms with E-state index in [0.717, 1.165) is 16.6 Å². The van der Waals surface area contributed by atoms with E-state index in [-0.39, 0.29) is 30.7 Å². The van der Waals surface area contributed by atoms with Crippen molar-refractivity contribution in [1.82, 2.24) is 10.2 Å². The van der Waals surface area contributed by atoms with Crippen molar-refractivity contribution in [3.05, 3.63) is 34.3 Å². The van der Waals surface area contributed by atoms with Crippen molar-refractivity contribution in [1.29, 1.82) is 0 Å². The second-order valence-electron chi connectivity index (χ2n) is 6.39.